The van der Waals surface area contributed by atoms with E-state index in [0.717, 1.165) is 0 Å². The maximum atomic E-state index is 10.2. The molecule has 0 unspecified atom stereocenters. The molecule has 0 atom stereocenters. The molecule has 6 heteroatoms. The van der Waals surface area contributed by atoms with Crippen LogP contribution in [0.2, 0.25) is 0 Å². The molecule has 2 aromatic heterocycles. The molecule has 6 nitrogen and oxygen atoms in total. The number of rotatable bonds is 0. The second-order valence-corrected chi connectivity index (χ2v) is 2.20. The van der Waals surface area contributed by atoms with Crippen LogP contribution >= 0.6 is 0 Å². The van der Waals surface area contributed by atoms with E-state index < -0.39 is 5.69 Å². The van der Waals surface area contributed by atoms with Crippen molar-refractivity contribution in [3.63, 3.8) is 0 Å². The molecule has 0 amide bonds. The van der Waals surface area contributed by atoms with Crippen LogP contribution in [0.1, 0.15) is 0 Å². The van der Waals surface area contributed by atoms with E-state index in [1.54, 1.807) is 18.5 Å². The van der Waals surface area contributed by atoms with Gasteiger partial charge < -0.3 is 4.98 Å². The van der Waals surface area contributed by atoms with Gasteiger partial charge in [-0.25, -0.2) is 14.8 Å². The van der Waals surface area contributed by atoms with Crippen LogP contribution in [0.15, 0.2) is 46.6 Å². The zero-order chi connectivity index (χ0) is 10.2. The van der Waals surface area contributed by atoms with Gasteiger partial charge in [0.05, 0.1) is 0 Å². The summed E-state index contributed by atoms with van der Waals surface area (Å²) in [5, 5.41) is 0. The summed E-state index contributed by atoms with van der Waals surface area (Å²) >= 11 is 0. The van der Waals surface area contributed by atoms with Crippen molar-refractivity contribution in [2.24, 2.45) is 0 Å². The molecule has 0 radical (unpaired) electrons. The molecule has 0 aliphatic carbocycles. The third kappa shape index (κ3) is 3.96. The van der Waals surface area contributed by atoms with Crippen molar-refractivity contribution in [1.82, 2.24) is 19.9 Å². The maximum Gasteiger partial charge on any atom is 0.325 e. The summed E-state index contributed by atoms with van der Waals surface area (Å²) in [6.45, 7) is 0. The first-order valence-corrected chi connectivity index (χ1v) is 3.77. The third-order valence-corrected chi connectivity index (χ3v) is 1.16. The number of nitrogens with one attached hydrogen (secondary N) is 2. The monoisotopic (exact) mass is 192 g/mol. The molecule has 0 aliphatic rings. The van der Waals surface area contributed by atoms with Crippen molar-refractivity contribution in [3.8, 4) is 0 Å². The van der Waals surface area contributed by atoms with E-state index >= 15 is 0 Å². The summed E-state index contributed by atoms with van der Waals surface area (Å²) in [5.41, 5.74) is -0.855. The molecular weight excluding hydrogens is 184 g/mol. The topological polar surface area (TPSA) is 91.5 Å². The van der Waals surface area contributed by atoms with Crippen LogP contribution in [0.4, 0.5) is 0 Å². The molecule has 2 rings (SSSR count). The van der Waals surface area contributed by atoms with Crippen LogP contribution in [-0.4, -0.2) is 19.9 Å². The number of nitrogens with zero attached hydrogens (tertiary/aromatic N) is 2. The highest BCUT2D eigenvalue weighted by atomic mass is 16.2. The number of aromatic amines is 2. The summed E-state index contributed by atoms with van der Waals surface area (Å²) < 4.78 is 0. The van der Waals surface area contributed by atoms with E-state index in [-0.39, 0.29) is 5.56 Å². The molecule has 0 aromatic carbocycles. The largest absolute Gasteiger partial charge is 0.325 e. The van der Waals surface area contributed by atoms with E-state index in [1.165, 1.54) is 18.6 Å². The standard InChI is InChI=1S/C4H4N2O2.C4H4N2/c7-3-1-2-5-4(8)6-3;1-2-5-4-6-3-1/h1-2H,(H2,5,6,7,8);1-4H. The Bertz CT molecular complexity index is 410. The zero-order valence-corrected chi connectivity index (χ0v) is 7.18. The minimum Gasteiger partial charge on any atom is -0.314 e. The predicted octanol–water partition coefficient (Wildman–Crippen LogP) is -0.460. The minimum atomic E-state index is -0.475. The van der Waals surface area contributed by atoms with Crippen LogP contribution < -0.4 is 11.2 Å². The summed E-state index contributed by atoms with van der Waals surface area (Å²) in [6.07, 6.45) is 6.17. The van der Waals surface area contributed by atoms with Gasteiger partial charge in [-0.05, 0) is 6.07 Å². The lowest BCUT2D eigenvalue weighted by Gasteiger charge is -1.75. The fourth-order valence-electron chi connectivity index (χ4n) is 0.636. The van der Waals surface area contributed by atoms with Gasteiger partial charge in [0.25, 0.3) is 5.56 Å². The molecule has 0 saturated heterocycles. The first kappa shape index (κ1) is 9.85. The Labute approximate surface area is 78.7 Å². The molecule has 0 spiro atoms. The second-order valence-electron chi connectivity index (χ2n) is 2.20. The minimum absolute atomic E-state index is 0.381. The number of H-pyrrole nitrogens is 2. The number of hydrogen-bond donors (Lipinski definition) is 2. The molecule has 72 valence electrons. The predicted molar refractivity (Wildman–Crippen MR) is 49.7 cm³/mol. The third-order valence-electron chi connectivity index (χ3n) is 1.16. The van der Waals surface area contributed by atoms with Crippen LogP contribution in [0.5, 0.6) is 0 Å². The average molecular weight is 192 g/mol. The summed E-state index contributed by atoms with van der Waals surface area (Å²) in [5.74, 6) is 0. The smallest absolute Gasteiger partial charge is 0.314 e. The molecule has 2 aromatic rings. The summed E-state index contributed by atoms with van der Waals surface area (Å²) in [7, 11) is 0. The van der Waals surface area contributed by atoms with Crippen LogP contribution in [0.3, 0.4) is 0 Å². The molecule has 2 N–H and O–H groups in total. The van der Waals surface area contributed by atoms with Gasteiger partial charge in [0.15, 0.2) is 0 Å². The van der Waals surface area contributed by atoms with Crippen molar-refractivity contribution < 1.29 is 0 Å². The van der Waals surface area contributed by atoms with E-state index in [1.807, 2.05) is 4.98 Å². The quantitative estimate of drug-likeness (QED) is 0.590. The second kappa shape index (κ2) is 5.41. The molecular formula is C8H8N4O2. The average Bonchev–Trinajstić information content (AvgIpc) is 2.21. The Morgan fingerprint density at radius 2 is 1.86 bits per heavy atom. The van der Waals surface area contributed by atoms with E-state index in [4.69, 9.17) is 0 Å². The molecule has 2 heterocycles. The van der Waals surface area contributed by atoms with Gasteiger partial charge in [0.1, 0.15) is 6.33 Å². The summed E-state index contributed by atoms with van der Waals surface area (Å²) in [6, 6.07) is 3.02. The number of hydrogen-bond acceptors (Lipinski definition) is 4. The van der Waals surface area contributed by atoms with Crippen molar-refractivity contribution in [2.45, 2.75) is 0 Å². The molecule has 0 saturated carbocycles. The highest BCUT2D eigenvalue weighted by Crippen LogP contribution is 1.66. The highest BCUT2D eigenvalue weighted by molar-refractivity contribution is 4.77. The van der Waals surface area contributed by atoms with Gasteiger partial charge in [-0.1, -0.05) is 0 Å². The van der Waals surface area contributed by atoms with Gasteiger partial charge >= 0.3 is 5.69 Å². The van der Waals surface area contributed by atoms with Gasteiger partial charge in [-0.15, -0.1) is 0 Å². The van der Waals surface area contributed by atoms with Gasteiger partial charge in [-0.2, -0.15) is 0 Å². The van der Waals surface area contributed by atoms with Gasteiger partial charge in [-0.3, -0.25) is 9.78 Å². The first-order valence-electron chi connectivity index (χ1n) is 3.77. The molecule has 0 aliphatic heterocycles. The Hall–Kier alpha value is -2.24. The SMILES string of the molecule is O=c1cc[nH]c(=O)[nH]1.c1cncnc1. The van der Waals surface area contributed by atoms with Crippen LogP contribution in [-0.2, 0) is 0 Å². The van der Waals surface area contributed by atoms with Gasteiger partial charge in [0.2, 0.25) is 0 Å². The molecule has 0 bridgehead atoms. The van der Waals surface area contributed by atoms with Crippen molar-refractivity contribution in [1.29, 1.82) is 0 Å². The fraction of sp³-hybridized carbons (Fsp3) is 0. The van der Waals surface area contributed by atoms with E-state index in [2.05, 4.69) is 15.0 Å². The lowest BCUT2D eigenvalue weighted by Crippen LogP contribution is -2.19. The van der Waals surface area contributed by atoms with Gasteiger partial charge in [0, 0.05) is 24.7 Å². The van der Waals surface area contributed by atoms with Crippen molar-refractivity contribution >= 4 is 0 Å². The van der Waals surface area contributed by atoms with Crippen LogP contribution in [0, 0.1) is 0 Å². The fourth-order valence-corrected chi connectivity index (χ4v) is 0.636. The van der Waals surface area contributed by atoms with E-state index in [9.17, 15) is 9.59 Å². The zero-order valence-electron chi connectivity index (χ0n) is 7.18. The molecule has 0 fully saturated rings. The highest BCUT2D eigenvalue weighted by Gasteiger charge is 1.77. The van der Waals surface area contributed by atoms with E-state index in [0.29, 0.717) is 0 Å². The van der Waals surface area contributed by atoms with Crippen LogP contribution in [0.25, 0.3) is 0 Å². The Balaban J connectivity index is 0.000000146. The Kier molecular flexibility index (Phi) is 3.81. The van der Waals surface area contributed by atoms with Crippen molar-refractivity contribution in [2.75, 3.05) is 0 Å². The number of aromatic nitrogens is 4. The summed E-state index contributed by atoms with van der Waals surface area (Å²) in [4.78, 5) is 32.0. The lowest BCUT2D eigenvalue weighted by molar-refractivity contribution is 1.04. The first-order chi connectivity index (χ1) is 6.79. The molecule has 14 heavy (non-hydrogen) atoms. The van der Waals surface area contributed by atoms with Crippen molar-refractivity contribution in [3.05, 3.63) is 57.9 Å². The lowest BCUT2D eigenvalue weighted by atomic mass is 10.7. The normalized spacial score (nSPS) is 8.57. The maximum absolute atomic E-state index is 10.2. The Morgan fingerprint density at radius 3 is 2.14 bits per heavy atom. The Morgan fingerprint density at radius 1 is 1.14 bits per heavy atom.